The SMILES string of the molecule is CC1=C(C)C(C)C(C)=C1CCCCCO. The zero-order chi connectivity index (χ0) is 11.4. The lowest BCUT2D eigenvalue weighted by molar-refractivity contribution is 0.283. The summed E-state index contributed by atoms with van der Waals surface area (Å²) in [5, 5.41) is 8.72. The average molecular weight is 208 g/mol. The Morgan fingerprint density at radius 1 is 1.00 bits per heavy atom. The Hall–Kier alpha value is -0.560. The first-order valence-corrected chi connectivity index (χ1v) is 6.07. The van der Waals surface area contributed by atoms with Gasteiger partial charge in [-0.05, 0) is 57.1 Å². The molecule has 0 saturated heterocycles. The lowest BCUT2D eigenvalue weighted by atomic mass is 9.98. The van der Waals surface area contributed by atoms with E-state index in [1.807, 2.05) is 0 Å². The predicted molar refractivity (Wildman–Crippen MR) is 65.8 cm³/mol. The van der Waals surface area contributed by atoms with Crippen LogP contribution in [0.15, 0.2) is 22.3 Å². The fraction of sp³-hybridized carbons (Fsp3) is 0.714. The second-order valence-electron chi connectivity index (χ2n) is 4.73. The van der Waals surface area contributed by atoms with Crippen molar-refractivity contribution in [3.63, 3.8) is 0 Å². The van der Waals surface area contributed by atoms with Gasteiger partial charge < -0.3 is 5.11 Å². The first kappa shape index (κ1) is 12.5. The van der Waals surface area contributed by atoms with E-state index < -0.39 is 0 Å². The Kier molecular flexibility index (Phi) is 4.59. The molecule has 0 radical (unpaired) electrons. The molecule has 0 saturated carbocycles. The molecule has 0 aliphatic heterocycles. The lowest BCUT2D eigenvalue weighted by Gasteiger charge is -2.07. The van der Waals surface area contributed by atoms with Crippen LogP contribution in [0, 0.1) is 5.92 Å². The van der Waals surface area contributed by atoms with Crippen LogP contribution in [0.25, 0.3) is 0 Å². The third-order valence-corrected chi connectivity index (χ3v) is 3.90. The normalized spacial score (nSPS) is 21.8. The number of rotatable bonds is 5. The van der Waals surface area contributed by atoms with Gasteiger partial charge in [0.25, 0.3) is 0 Å². The number of unbranched alkanes of at least 4 members (excludes halogenated alkanes) is 2. The molecule has 0 heterocycles. The summed E-state index contributed by atoms with van der Waals surface area (Å²) in [7, 11) is 0. The number of hydrogen-bond acceptors (Lipinski definition) is 1. The fourth-order valence-corrected chi connectivity index (χ4v) is 2.42. The van der Waals surface area contributed by atoms with Gasteiger partial charge in [-0.15, -0.1) is 0 Å². The Balaban J connectivity index is 2.54. The molecule has 0 aromatic heterocycles. The molecule has 0 amide bonds. The molecule has 1 aliphatic rings. The van der Waals surface area contributed by atoms with Crippen molar-refractivity contribution in [3.8, 4) is 0 Å². The molecular weight excluding hydrogens is 184 g/mol. The van der Waals surface area contributed by atoms with E-state index in [1.165, 1.54) is 18.4 Å². The van der Waals surface area contributed by atoms with Crippen LogP contribution in [0.4, 0.5) is 0 Å². The van der Waals surface area contributed by atoms with E-state index in [-0.39, 0.29) is 0 Å². The van der Waals surface area contributed by atoms with Crippen LogP contribution in [-0.4, -0.2) is 11.7 Å². The van der Waals surface area contributed by atoms with E-state index >= 15 is 0 Å². The van der Waals surface area contributed by atoms with E-state index in [0.717, 1.165) is 12.8 Å². The van der Waals surface area contributed by atoms with Crippen LogP contribution >= 0.6 is 0 Å². The highest BCUT2D eigenvalue weighted by Gasteiger charge is 2.21. The number of aliphatic hydroxyl groups is 1. The van der Waals surface area contributed by atoms with Gasteiger partial charge in [0.15, 0.2) is 0 Å². The second-order valence-corrected chi connectivity index (χ2v) is 4.73. The van der Waals surface area contributed by atoms with Crippen LogP contribution in [0.3, 0.4) is 0 Å². The summed E-state index contributed by atoms with van der Waals surface area (Å²) in [4.78, 5) is 0. The van der Waals surface area contributed by atoms with Crippen molar-refractivity contribution in [2.45, 2.75) is 53.4 Å². The van der Waals surface area contributed by atoms with E-state index in [4.69, 9.17) is 5.11 Å². The van der Waals surface area contributed by atoms with E-state index in [2.05, 4.69) is 27.7 Å². The summed E-state index contributed by atoms with van der Waals surface area (Å²) in [5.41, 5.74) is 6.21. The Morgan fingerprint density at radius 3 is 2.13 bits per heavy atom. The Bertz CT molecular complexity index is 284. The second kappa shape index (κ2) is 5.50. The molecule has 1 unspecified atom stereocenters. The minimum absolute atomic E-state index is 0.336. The average Bonchev–Trinajstić information content (AvgIpc) is 2.41. The highest BCUT2D eigenvalue weighted by Crippen LogP contribution is 2.38. The lowest BCUT2D eigenvalue weighted by Crippen LogP contribution is -1.93. The van der Waals surface area contributed by atoms with Crippen LogP contribution in [0.2, 0.25) is 0 Å². The maximum Gasteiger partial charge on any atom is 0.0431 e. The van der Waals surface area contributed by atoms with Crippen molar-refractivity contribution in [2.75, 3.05) is 6.61 Å². The molecule has 0 bridgehead atoms. The van der Waals surface area contributed by atoms with Crippen molar-refractivity contribution >= 4 is 0 Å². The summed E-state index contributed by atoms with van der Waals surface area (Å²) < 4.78 is 0. The summed E-state index contributed by atoms with van der Waals surface area (Å²) in [5.74, 6) is 0.651. The summed E-state index contributed by atoms with van der Waals surface area (Å²) in [6.45, 7) is 9.41. The fourth-order valence-electron chi connectivity index (χ4n) is 2.42. The third-order valence-electron chi connectivity index (χ3n) is 3.90. The van der Waals surface area contributed by atoms with Gasteiger partial charge in [0.05, 0.1) is 0 Å². The maximum atomic E-state index is 8.72. The van der Waals surface area contributed by atoms with Gasteiger partial charge in [0.1, 0.15) is 0 Å². The topological polar surface area (TPSA) is 20.2 Å². The Morgan fingerprint density at radius 2 is 1.67 bits per heavy atom. The molecule has 0 aromatic carbocycles. The monoisotopic (exact) mass is 208 g/mol. The first-order valence-electron chi connectivity index (χ1n) is 6.07. The smallest absolute Gasteiger partial charge is 0.0431 e. The van der Waals surface area contributed by atoms with Gasteiger partial charge in [-0.2, -0.15) is 0 Å². The summed E-state index contributed by atoms with van der Waals surface area (Å²) in [6, 6.07) is 0. The third kappa shape index (κ3) is 2.72. The zero-order valence-electron chi connectivity index (χ0n) is 10.6. The maximum absolute atomic E-state index is 8.72. The molecule has 0 fully saturated rings. The van der Waals surface area contributed by atoms with Gasteiger partial charge in [-0.1, -0.05) is 24.5 Å². The molecule has 0 spiro atoms. The van der Waals surface area contributed by atoms with Gasteiger partial charge in [-0.25, -0.2) is 0 Å². The molecule has 1 rings (SSSR count). The van der Waals surface area contributed by atoms with E-state index in [1.54, 1.807) is 16.7 Å². The standard InChI is InChI=1S/C14H24O/c1-10-11(2)13(4)14(12(10)3)8-6-5-7-9-15/h10,15H,5-9H2,1-4H3. The summed E-state index contributed by atoms with van der Waals surface area (Å²) >= 11 is 0. The molecule has 0 aromatic rings. The van der Waals surface area contributed by atoms with Crippen LogP contribution in [0.5, 0.6) is 0 Å². The van der Waals surface area contributed by atoms with Crippen LogP contribution in [-0.2, 0) is 0 Å². The first-order chi connectivity index (χ1) is 7.09. The molecule has 86 valence electrons. The molecule has 1 aliphatic carbocycles. The number of allylic oxidation sites excluding steroid dienone is 4. The number of hydrogen-bond donors (Lipinski definition) is 1. The Labute approximate surface area is 93.9 Å². The zero-order valence-corrected chi connectivity index (χ0v) is 10.6. The van der Waals surface area contributed by atoms with E-state index in [0.29, 0.717) is 12.5 Å². The minimum atomic E-state index is 0.336. The van der Waals surface area contributed by atoms with Crippen molar-refractivity contribution in [3.05, 3.63) is 22.3 Å². The number of aliphatic hydroxyl groups excluding tert-OH is 1. The highest BCUT2D eigenvalue weighted by atomic mass is 16.2. The van der Waals surface area contributed by atoms with Gasteiger partial charge in [-0.3, -0.25) is 0 Å². The van der Waals surface area contributed by atoms with Crippen molar-refractivity contribution in [1.29, 1.82) is 0 Å². The van der Waals surface area contributed by atoms with Gasteiger partial charge in [0, 0.05) is 6.61 Å². The molecule has 15 heavy (non-hydrogen) atoms. The van der Waals surface area contributed by atoms with Crippen molar-refractivity contribution in [1.82, 2.24) is 0 Å². The molecular formula is C14H24O. The summed E-state index contributed by atoms with van der Waals surface area (Å²) in [6.07, 6.45) is 4.50. The van der Waals surface area contributed by atoms with Crippen molar-refractivity contribution in [2.24, 2.45) is 5.92 Å². The minimum Gasteiger partial charge on any atom is -0.396 e. The highest BCUT2D eigenvalue weighted by molar-refractivity contribution is 5.46. The molecule has 1 N–H and O–H groups in total. The molecule has 1 atom stereocenters. The van der Waals surface area contributed by atoms with E-state index in [9.17, 15) is 0 Å². The van der Waals surface area contributed by atoms with Gasteiger partial charge >= 0.3 is 0 Å². The van der Waals surface area contributed by atoms with Gasteiger partial charge in [0.2, 0.25) is 0 Å². The predicted octanol–water partition coefficient (Wildman–Crippen LogP) is 3.84. The van der Waals surface area contributed by atoms with Crippen molar-refractivity contribution < 1.29 is 5.11 Å². The molecule has 1 nitrogen and oxygen atoms in total. The largest absolute Gasteiger partial charge is 0.396 e. The molecule has 1 heteroatoms. The van der Waals surface area contributed by atoms with Crippen LogP contribution in [0.1, 0.15) is 53.4 Å². The van der Waals surface area contributed by atoms with Crippen LogP contribution < -0.4 is 0 Å². The quantitative estimate of drug-likeness (QED) is 0.681.